The first kappa shape index (κ1) is 18.5. The molecule has 0 aliphatic heterocycles. The zero-order valence-electron chi connectivity index (χ0n) is 14.3. The summed E-state index contributed by atoms with van der Waals surface area (Å²) in [5.74, 6) is -1.42. The summed E-state index contributed by atoms with van der Waals surface area (Å²) >= 11 is 0. The van der Waals surface area contributed by atoms with Gasteiger partial charge in [0.2, 0.25) is 5.82 Å². The summed E-state index contributed by atoms with van der Waals surface area (Å²) in [5, 5.41) is 23.9. The number of nitrogens with zero attached hydrogens (tertiary/aromatic N) is 1. The second-order valence-corrected chi connectivity index (χ2v) is 6.73. The first-order valence-corrected chi connectivity index (χ1v) is 8.54. The van der Waals surface area contributed by atoms with Crippen LogP contribution in [0.3, 0.4) is 0 Å². The maximum Gasteiger partial charge on any atom is 0.328 e. The summed E-state index contributed by atoms with van der Waals surface area (Å²) in [6.07, 6.45) is -1.22. The lowest BCUT2D eigenvalue weighted by Gasteiger charge is -2.20. The van der Waals surface area contributed by atoms with E-state index in [-0.39, 0.29) is 18.4 Å². The van der Waals surface area contributed by atoms with E-state index in [1.54, 1.807) is 0 Å². The van der Waals surface area contributed by atoms with E-state index in [0.29, 0.717) is 6.54 Å². The first-order valence-electron chi connectivity index (χ1n) is 8.54. The third-order valence-corrected chi connectivity index (χ3v) is 5.04. The number of rotatable bonds is 5. The van der Waals surface area contributed by atoms with Gasteiger partial charge in [0.25, 0.3) is 5.56 Å². The monoisotopic (exact) mass is 363 g/mol. The molecule has 0 bridgehead atoms. The summed E-state index contributed by atoms with van der Waals surface area (Å²) in [6.45, 7) is 2.41. The quantitative estimate of drug-likeness (QED) is 0.612. The van der Waals surface area contributed by atoms with Crippen molar-refractivity contribution in [3.63, 3.8) is 0 Å². The van der Waals surface area contributed by atoms with E-state index in [2.05, 4.69) is 5.32 Å². The molecule has 0 spiro atoms. The lowest BCUT2D eigenvalue weighted by Crippen LogP contribution is -2.38. The van der Waals surface area contributed by atoms with Crippen molar-refractivity contribution in [1.29, 1.82) is 0 Å². The number of benzene rings is 1. The fourth-order valence-corrected chi connectivity index (χ4v) is 3.47. The van der Waals surface area contributed by atoms with Crippen LogP contribution in [0.2, 0.25) is 0 Å². The summed E-state index contributed by atoms with van der Waals surface area (Å²) < 4.78 is 14.5. The molecule has 0 unspecified atom stereocenters. The molecule has 1 aromatic heterocycles. The Bertz CT molecular complexity index is 867. The van der Waals surface area contributed by atoms with Gasteiger partial charge in [0.1, 0.15) is 6.10 Å². The van der Waals surface area contributed by atoms with Gasteiger partial charge in [0.15, 0.2) is 0 Å². The third kappa shape index (κ3) is 3.62. The van der Waals surface area contributed by atoms with Crippen LogP contribution in [-0.4, -0.2) is 38.5 Å². The van der Waals surface area contributed by atoms with Crippen molar-refractivity contribution in [3.05, 3.63) is 68.7 Å². The Morgan fingerprint density at radius 1 is 1.27 bits per heavy atom. The summed E-state index contributed by atoms with van der Waals surface area (Å²) in [6, 6.07) is 9.03. The maximum atomic E-state index is 13.5. The van der Waals surface area contributed by atoms with Crippen LogP contribution in [0.15, 0.2) is 46.1 Å². The van der Waals surface area contributed by atoms with E-state index in [9.17, 15) is 24.2 Å². The zero-order valence-corrected chi connectivity index (χ0v) is 14.3. The SMILES string of the molecule is C[C@H](NC[C@H]1C[C@@H](n2cc(F)c(=O)[nH]c2=O)[C@@H](O)[C@H]1O)c1ccccc1. The Morgan fingerprint density at radius 3 is 2.65 bits per heavy atom. The topological polar surface area (TPSA) is 107 Å². The zero-order chi connectivity index (χ0) is 18.8. The predicted octanol–water partition coefficient (Wildman–Crippen LogP) is 0.309. The molecule has 140 valence electrons. The standard InChI is InChI=1S/C18H22FN3O4/c1-10(11-5-3-2-4-6-11)20-8-12-7-14(16(24)15(12)23)22-9-13(19)17(25)21-18(22)26/h2-6,9-10,12,14-16,20,23-24H,7-8H2,1H3,(H,21,25,26)/t10-,12+,14+,15-,16+/m0/s1. The minimum absolute atomic E-state index is 0.0489. The molecule has 5 atom stereocenters. The van der Waals surface area contributed by atoms with Gasteiger partial charge in [-0.25, -0.2) is 4.79 Å². The van der Waals surface area contributed by atoms with Gasteiger partial charge >= 0.3 is 5.69 Å². The molecule has 0 amide bonds. The number of aromatic nitrogens is 2. The highest BCUT2D eigenvalue weighted by Gasteiger charge is 2.42. The number of aliphatic hydroxyl groups excluding tert-OH is 2. The average Bonchev–Trinajstić information content (AvgIpc) is 2.91. The summed E-state index contributed by atoms with van der Waals surface area (Å²) in [4.78, 5) is 25.0. The summed E-state index contributed by atoms with van der Waals surface area (Å²) in [5.41, 5.74) is -0.816. The van der Waals surface area contributed by atoms with Crippen molar-refractivity contribution in [3.8, 4) is 0 Å². The highest BCUT2D eigenvalue weighted by molar-refractivity contribution is 5.18. The van der Waals surface area contributed by atoms with Crippen LogP contribution in [0, 0.1) is 11.7 Å². The van der Waals surface area contributed by atoms with Crippen molar-refractivity contribution < 1.29 is 14.6 Å². The molecule has 7 nitrogen and oxygen atoms in total. The van der Waals surface area contributed by atoms with Gasteiger partial charge in [-0.1, -0.05) is 30.3 Å². The number of aromatic amines is 1. The second kappa shape index (κ2) is 7.53. The van der Waals surface area contributed by atoms with Gasteiger partial charge in [0, 0.05) is 18.5 Å². The van der Waals surface area contributed by atoms with Crippen LogP contribution < -0.4 is 16.6 Å². The fraction of sp³-hybridized carbons (Fsp3) is 0.444. The molecule has 2 aromatic rings. The molecule has 3 rings (SSSR count). The van der Waals surface area contributed by atoms with E-state index in [1.165, 1.54) is 0 Å². The number of hydrogen-bond donors (Lipinski definition) is 4. The molecule has 26 heavy (non-hydrogen) atoms. The van der Waals surface area contributed by atoms with E-state index < -0.39 is 35.3 Å². The number of halogens is 1. The molecule has 1 aromatic carbocycles. The number of aliphatic hydroxyl groups is 2. The molecule has 0 saturated heterocycles. The Balaban J connectivity index is 1.71. The van der Waals surface area contributed by atoms with E-state index in [0.717, 1.165) is 16.3 Å². The average molecular weight is 363 g/mol. The number of H-pyrrole nitrogens is 1. The molecule has 1 aliphatic rings. The van der Waals surface area contributed by atoms with E-state index >= 15 is 0 Å². The molecule has 1 fully saturated rings. The van der Waals surface area contributed by atoms with Gasteiger partial charge in [-0.15, -0.1) is 0 Å². The third-order valence-electron chi connectivity index (χ3n) is 5.04. The smallest absolute Gasteiger partial charge is 0.328 e. The molecular weight excluding hydrogens is 341 g/mol. The van der Waals surface area contributed by atoms with Crippen LogP contribution in [0.1, 0.15) is 31.0 Å². The highest BCUT2D eigenvalue weighted by atomic mass is 19.1. The fourth-order valence-electron chi connectivity index (χ4n) is 3.47. The molecule has 0 radical (unpaired) electrons. The van der Waals surface area contributed by atoms with E-state index in [1.807, 2.05) is 42.2 Å². The van der Waals surface area contributed by atoms with Crippen LogP contribution >= 0.6 is 0 Å². The first-order chi connectivity index (χ1) is 12.4. The van der Waals surface area contributed by atoms with Crippen LogP contribution in [0.4, 0.5) is 4.39 Å². The largest absolute Gasteiger partial charge is 0.390 e. The summed E-state index contributed by atoms with van der Waals surface area (Å²) in [7, 11) is 0. The molecule has 1 saturated carbocycles. The Hall–Kier alpha value is -2.29. The molecular formula is C18H22FN3O4. The van der Waals surface area contributed by atoms with Crippen molar-refractivity contribution in [2.24, 2.45) is 5.92 Å². The van der Waals surface area contributed by atoms with Crippen molar-refractivity contribution >= 4 is 0 Å². The Kier molecular flexibility index (Phi) is 5.36. The van der Waals surface area contributed by atoms with Crippen molar-refractivity contribution in [2.75, 3.05) is 6.54 Å². The highest BCUT2D eigenvalue weighted by Crippen LogP contribution is 2.34. The molecule has 4 N–H and O–H groups in total. The van der Waals surface area contributed by atoms with E-state index in [4.69, 9.17) is 0 Å². The lowest BCUT2D eigenvalue weighted by molar-refractivity contribution is 0.00527. The molecule has 1 heterocycles. The van der Waals surface area contributed by atoms with Crippen LogP contribution in [-0.2, 0) is 0 Å². The number of hydrogen-bond acceptors (Lipinski definition) is 5. The molecule has 8 heteroatoms. The van der Waals surface area contributed by atoms with Crippen LogP contribution in [0.5, 0.6) is 0 Å². The minimum Gasteiger partial charge on any atom is -0.390 e. The normalized spacial score (nSPS) is 26.8. The lowest BCUT2D eigenvalue weighted by atomic mass is 10.0. The van der Waals surface area contributed by atoms with Crippen molar-refractivity contribution in [1.82, 2.24) is 14.9 Å². The second-order valence-electron chi connectivity index (χ2n) is 6.73. The van der Waals surface area contributed by atoms with Crippen molar-refractivity contribution in [2.45, 2.75) is 37.6 Å². The van der Waals surface area contributed by atoms with Gasteiger partial charge in [-0.2, -0.15) is 4.39 Å². The van der Waals surface area contributed by atoms with Gasteiger partial charge in [-0.3, -0.25) is 14.3 Å². The van der Waals surface area contributed by atoms with Gasteiger partial charge < -0.3 is 15.5 Å². The van der Waals surface area contributed by atoms with Gasteiger partial charge in [-0.05, 0) is 18.9 Å². The molecule has 1 aliphatic carbocycles. The predicted molar refractivity (Wildman–Crippen MR) is 93.3 cm³/mol. The van der Waals surface area contributed by atoms with Gasteiger partial charge in [0.05, 0.1) is 18.3 Å². The van der Waals surface area contributed by atoms with Crippen LogP contribution in [0.25, 0.3) is 0 Å². The minimum atomic E-state index is -1.23. The number of nitrogens with one attached hydrogen (secondary N) is 2. The maximum absolute atomic E-state index is 13.5. The Labute approximate surface area is 149 Å². The Morgan fingerprint density at radius 2 is 1.96 bits per heavy atom.